The average Bonchev–Trinajstić information content (AvgIpc) is 3.40. The second kappa shape index (κ2) is 9.99. The van der Waals surface area contributed by atoms with E-state index in [0.717, 1.165) is 51.9 Å². The summed E-state index contributed by atoms with van der Waals surface area (Å²) in [6, 6.07) is 6.29. The van der Waals surface area contributed by atoms with Crippen LogP contribution in [0.2, 0.25) is 0 Å². The van der Waals surface area contributed by atoms with Crippen LogP contribution in [0, 0.1) is 19.8 Å². The predicted molar refractivity (Wildman–Crippen MR) is 132 cm³/mol. The molecule has 3 aromatic rings. The standard InChI is InChI=1S/C26H34N4OS/c1-5-17(2)28-25(31)22-13-24(30(19(22)4)15-20-9-7-6-8-10-20)23-16-32-26(29-23)21-12-11-18(3)27-14-21/h11-14,16-17,20H,5-10,15H2,1-4H3,(H,28,31). The molecule has 5 nitrogen and oxygen atoms in total. The third kappa shape index (κ3) is 4.96. The first-order valence-corrected chi connectivity index (χ1v) is 12.7. The first-order valence-electron chi connectivity index (χ1n) is 11.9. The number of carbonyl (C=O) groups is 1. The van der Waals surface area contributed by atoms with Crippen LogP contribution in [-0.2, 0) is 6.54 Å². The van der Waals surface area contributed by atoms with Gasteiger partial charge in [-0.15, -0.1) is 11.3 Å². The highest BCUT2D eigenvalue weighted by Crippen LogP contribution is 2.34. The molecule has 1 atom stereocenters. The molecule has 0 bridgehead atoms. The molecule has 0 radical (unpaired) electrons. The van der Waals surface area contributed by atoms with E-state index >= 15 is 0 Å². The number of hydrogen-bond donors (Lipinski definition) is 1. The van der Waals surface area contributed by atoms with Crippen molar-refractivity contribution in [1.29, 1.82) is 0 Å². The van der Waals surface area contributed by atoms with Crippen LogP contribution in [0.3, 0.4) is 0 Å². The van der Waals surface area contributed by atoms with E-state index in [-0.39, 0.29) is 11.9 Å². The lowest BCUT2D eigenvalue weighted by Crippen LogP contribution is -2.32. The van der Waals surface area contributed by atoms with Gasteiger partial charge in [0.25, 0.3) is 5.91 Å². The highest BCUT2D eigenvalue weighted by Gasteiger charge is 2.23. The van der Waals surface area contributed by atoms with E-state index < -0.39 is 0 Å². The van der Waals surface area contributed by atoms with Crippen molar-refractivity contribution in [1.82, 2.24) is 19.9 Å². The van der Waals surface area contributed by atoms with E-state index in [1.165, 1.54) is 32.1 Å². The Kier molecular flexibility index (Phi) is 7.09. The van der Waals surface area contributed by atoms with Gasteiger partial charge < -0.3 is 9.88 Å². The first kappa shape index (κ1) is 22.7. The van der Waals surface area contributed by atoms with Gasteiger partial charge in [-0.3, -0.25) is 9.78 Å². The third-order valence-electron chi connectivity index (χ3n) is 6.69. The van der Waals surface area contributed by atoms with Gasteiger partial charge in [0, 0.05) is 41.1 Å². The van der Waals surface area contributed by atoms with Crippen molar-refractivity contribution in [3.63, 3.8) is 0 Å². The number of hydrogen-bond acceptors (Lipinski definition) is 4. The Hall–Kier alpha value is -2.47. The molecule has 3 aromatic heterocycles. The second-order valence-electron chi connectivity index (χ2n) is 9.15. The molecule has 0 aliphatic heterocycles. The minimum absolute atomic E-state index is 0.0127. The van der Waals surface area contributed by atoms with Gasteiger partial charge in [-0.05, 0) is 64.2 Å². The number of thiazole rings is 1. The lowest BCUT2D eigenvalue weighted by molar-refractivity contribution is 0.0938. The van der Waals surface area contributed by atoms with Crippen molar-refractivity contribution in [3.8, 4) is 22.0 Å². The SMILES string of the molecule is CCC(C)NC(=O)c1cc(-c2csc(-c3ccc(C)nc3)n2)n(CC2CCCCC2)c1C. The maximum atomic E-state index is 13.0. The lowest BCUT2D eigenvalue weighted by Gasteiger charge is -2.24. The number of rotatable bonds is 7. The lowest BCUT2D eigenvalue weighted by atomic mass is 9.89. The molecule has 0 spiro atoms. The van der Waals surface area contributed by atoms with Gasteiger partial charge in [-0.1, -0.05) is 26.2 Å². The Bertz CT molecular complexity index is 1060. The third-order valence-corrected chi connectivity index (χ3v) is 7.58. The zero-order valence-electron chi connectivity index (χ0n) is 19.6. The highest BCUT2D eigenvalue weighted by molar-refractivity contribution is 7.13. The van der Waals surface area contributed by atoms with Crippen LogP contribution in [0.25, 0.3) is 22.0 Å². The molecular formula is C26H34N4OS. The van der Waals surface area contributed by atoms with E-state index in [1.807, 2.05) is 25.3 Å². The molecule has 4 rings (SSSR count). The number of nitrogens with one attached hydrogen (secondary N) is 1. The number of pyridine rings is 1. The summed E-state index contributed by atoms with van der Waals surface area (Å²) in [5.41, 5.74) is 5.82. The Labute approximate surface area is 195 Å². The molecule has 1 fully saturated rings. The molecule has 32 heavy (non-hydrogen) atoms. The summed E-state index contributed by atoms with van der Waals surface area (Å²) >= 11 is 1.63. The number of nitrogens with zero attached hydrogens (tertiary/aromatic N) is 3. The Balaban J connectivity index is 1.70. The zero-order chi connectivity index (χ0) is 22.7. The van der Waals surface area contributed by atoms with Crippen LogP contribution in [0.4, 0.5) is 0 Å². The maximum Gasteiger partial charge on any atom is 0.253 e. The average molecular weight is 451 g/mol. The van der Waals surface area contributed by atoms with Crippen LogP contribution in [0.15, 0.2) is 29.8 Å². The van der Waals surface area contributed by atoms with E-state index in [0.29, 0.717) is 5.92 Å². The zero-order valence-corrected chi connectivity index (χ0v) is 20.5. The monoisotopic (exact) mass is 450 g/mol. The van der Waals surface area contributed by atoms with Gasteiger partial charge in [-0.2, -0.15) is 0 Å². The minimum atomic E-state index is 0.0127. The summed E-state index contributed by atoms with van der Waals surface area (Å²) in [6.07, 6.45) is 9.30. The van der Waals surface area contributed by atoms with Crippen molar-refractivity contribution >= 4 is 17.2 Å². The van der Waals surface area contributed by atoms with Crippen molar-refractivity contribution in [2.24, 2.45) is 5.92 Å². The van der Waals surface area contributed by atoms with Crippen molar-refractivity contribution in [2.75, 3.05) is 0 Å². The highest BCUT2D eigenvalue weighted by atomic mass is 32.1. The summed E-state index contributed by atoms with van der Waals surface area (Å²) in [6.45, 7) is 9.17. The number of aryl methyl sites for hydroxylation is 1. The van der Waals surface area contributed by atoms with E-state index in [2.05, 4.69) is 47.1 Å². The molecule has 0 aromatic carbocycles. The molecule has 1 aliphatic carbocycles. The summed E-state index contributed by atoms with van der Waals surface area (Å²) in [7, 11) is 0. The predicted octanol–water partition coefficient (Wildman–Crippen LogP) is 6.40. The Morgan fingerprint density at radius 2 is 2.03 bits per heavy atom. The van der Waals surface area contributed by atoms with Crippen molar-refractivity contribution in [2.45, 2.75) is 78.8 Å². The molecule has 6 heteroatoms. The molecule has 1 unspecified atom stereocenters. The summed E-state index contributed by atoms with van der Waals surface area (Å²) in [4.78, 5) is 22.4. The van der Waals surface area contributed by atoms with Crippen LogP contribution < -0.4 is 5.32 Å². The molecule has 3 heterocycles. The Morgan fingerprint density at radius 1 is 1.25 bits per heavy atom. The summed E-state index contributed by atoms with van der Waals surface area (Å²) < 4.78 is 2.34. The molecule has 1 amide bonds. The van der Waals surface area contributed by atoms with Crippen molar-refractivity contribution < 1.29 is 4.79 Å². The minimum Gasteiger partial charge on any atom is -0.350 e. The van der Waals surface area contributed by atoms with Gasteiger partial charge in [-0.25, -0.2) is 4.98 Å². The second-order valence-corrected chi connectivity index (χ2v) is 10.0. The number of amides is 1. The summed E-state index contributed by atoms with van der Waals surface area (Å²) in [5.74, 6) is 0.678. The Morgan fingerprint density at radius 3 is 2.72 bits per heavy atom. The molecule has 1 aliphatic rings. The van der Waals surface area contributed by atoms with Gasteiger partial charge in [0.15, 0.2) is 0 Å². The molecule has 1 saturated carbocycles. The van der Waals surface area contributed by atoms with E-state index in [4.69, 9.17) is 4.98 Å². The smallest absolute Gasteiger partial charge is 0.253 e. The largest absolute Gasteiger partial charge is 0.350 e. The van der Waals surface area contributed by atoms with Crippen LogP contribution in [0.1, 0.15) is 74.1 Å². The van der Waals surface area contributed by atoms with Crippen molar-refractivity contribution in [3.05, 3.63) is 46.7 Å². The fourth-order valence-electron chi connectivity index (χ4n) is 4.47. The molecular weight excluding hydrogens is 416 g/mol. The molecule has 170 valence electrons. The fraction of sp³-hybridized carbons (Fsp3) is 0.500. The van der Waals surface area contributed by atoms with Gasteiger partial charge in [0.2, 0.25) is 0 Å². The van der Waals surface area contributed by atoms with Gasteiger partial charge in [0.1, 0.15) is 5.01 Å². The first-order chi connectivity index (χ1) is 15.5. The number of carbonyl (C=O) groups excluding carboxylic acids is 1. The normalized spacial score (nSPS) is 15.6. The van der Waals surface area contributed by atoms with E-state index in [9.17, 15) is 4.79 Å². The van der Waals surface area contributed by atoms with Crippen LogP contribution >= 0.6 is 11.3 Å². The topological polar surface area (TPSA) is 59.8 Å². The summed E-state index contributed by atoms with van der Waals surface area (Å²) in [5, 5.41) is 6.21. The number of aromatic nitrogens is 3. The van der Waals surface area contributed by atoms with Gasteiger partial charge in [0.05, 0.1) is 17.0 Å². The van der Waals surface area contributed by atoms with E-state index in [1.54, 1.807) is 11.3 Å². The molecule has 1 N–H and O–H groups in total. The van der Waals surface area contributed by atoms with Crippen LogP contribution in [0.5, 0.6) is 0 Å². The van der Waals surface area contributed by atoms with Gasteiger partial charge >= 0.3 is 0 Å². The fourth-order valence-corrected chi connectivity index (χ4v) is 5.28. The van der Waals surface area contributed by atoms with Crippen LogP contribution in [-0.4, -0.2) is 26.5 Å². The maximum absolute atomic E-state index is 13.0. The molecule has 0 saturated heterocycles. The quantitative estimate of drug-likeness (QED) is 0.453.